The van der Waals surface area contributed by atoms with Crippen molar-refractivity contribution in [2.45, 2.75) is 13.8 Å². The quantitative estimate of drug-likeness (QED) is 0.870. The van der Waals surface area contributed by atoms with Gasteiger partial charge in [-0.05, 0) is 37.3 Å². The molecule has 0 radical (unpaired) electrons. The highest BCUT2D eigenvalue weighted by molar-refractivity contribution is 5.93. The van der Waals surface area contributed by atoms with Gasteiger partial charge in [-0.1, -0.05) is 12.1 Å². The van der Waals surface area contributed by atoms with Gasteiger partial charge in [0.05, 0.1) is 5.56 Å². The summed E-state index contributed by atoms with van der Waals surface area (Å²) >= 11 is 0. The van der Waals surface area contributed by atoms with Gasteiger partial charge in [0.15, 0.2) is 0 Å². The molecule has 0 bridgehead atoms. The molecule has 0 aromatic heterocycles. The minimum atomic E-state index is -0.460. The average Bonchev–Trinajstić information content (AvgIpc) is 2.38. The normalized spacial score (nSPS) is 9.50. The third-order valence-electron chi connectivity index (χ3n) is 2.49. The van der Waals surface area contributed by atoms with Crippen LogP contribution in [0, 0.1) is 19.1 Å². The minimum Gasteiger partial charge on any atom is -0.422 e. The molecular formula is C16H13NO3. The van der Waals surface area contributed by atoms with Crippen molar-refractivity contribution >= 4 is 17.6 Å². The Balaban J connectivity index is 2.07. The van der Waals surface area contributed by atoms with Crippen molar-refractivity contribution in [2.24, 2.45) is 0 Å². The van der Waals surface area contributed by atoms with Crippen LogP contribution < -0.4 is 10.1 Å². The van der Waals surface area contributed by atoms with Gasteiger partial charge < -0.3 is 10.1 Å². The minimum absolute atomic E-state index is 0.160. The number of hydrogen-bond donors (Lipinski definition) is 1. The summed E-state index contributed by atoms with van der Waals surface area (Å²) in [5, 5.41) is 2.63. The summed E-state index contributed by atoms with van der Waals surface area (Å²) in [7, 11) is 0. The molecular weight excluding hydrogens is 254 g/mol. The predicted molar refractivity (Wildman–Crippen MR) is 74.6 cm³/mol. The van der Waals surface area contributed by atoms with Crippen LogP contribution in [0.5, 0.6) is 5.75 Å². The van der Waals surface area contributed by atoms with Crippen molar-refractivity contribution in [2.75, 3.05) is 5.32 Å². The SMILES string of the molecule is CC(=O)Nc1ccc(C(=O)Oc2cc#cc(C)c2)cc1. The molecule has 20 heavy (non-hydrogen) atoms. The molecule has 0 aliphatic rings. The van der Waals surface area contributed by atoms with Gasteiger partial charge in [0.1, 0.15) is 5.75 Å². The number of carbonyl (C=O) groups is 2. The third-order valence-corrected chi connectivity index (χ3v) is 2.49. The fraction of sp³-hybridized carbons (Fsp3) is 0.125. The van der Waals surface area contributed by atoms with E-state index in [0.29, 0.717) is 17.0 Å². The van der Waals surface area contributed by atoms with Crippen LogP contribution in [-0.2, 0) is 4.79 Å². The van der Waals surface area contributed by atoms with Gasteiger partial charge in [-0.3, -0.25) is 4.79 Å². The fourth-order valence-electron chi connectivity index (χ4n) is 1.63. The molecule has 2 aromatic carbocycles. The highest BCUT2D eigenvalue weighted by Gasteiger charge is 2.08. The molecule has 0 saturated carbocycles. The Bertz CT molecular complexity index is 632. The number of benzene rings is 1. The topological polar surface area (TPSA) is 55.4 Å². The second-order valence-electron chi connectivity index (χ2n) is 4.29. The first-order chi connectivity index (χ1) is 9.54. The molecule has 2 rings (SSSR count). The maximum absolute atomic E-state index is 11.9. The molecule has 1 N–H and O–H groups in total. The number of esters is 1. The summed E-state index contributed by atoms with van der Waals surface area (Å²) in [6.07, 6.45) is 0. The zero-order chi connectivity index (χ0) is 14.5. The first kappa shape index (κ1) is 13.6. The van der Waals surface area contributed by atoms with Crippen molar-refractivity contribution in [3.63, 3.8) is 0 Å². The van der Waals surface area contributed by atoms with E-state index in [0.717, 1.165) is 5.56 Å². The van der Waals surface area contributed by atoms with E-state index in [4.69, 9.17) is 4.74 Å². The highest BCUT2D eigenvalue weighted by Crippen LogP contribution is 2.14. The smallest absolute Gasteiger partial charge is 0.343 e. The molecule has 0 atom stereocenters. The molecule has 0 saturated heterocycles. The maximum atomic E-state index is 11.9. The number of carbonyl (C=O) groups excluding carboxylic acids is 2. The molecule has 2 aromatic rings. The monoisotopic (exact) mass is 267 g/mol. The fourth-order valence-corrected chi connectivity index (χ4v) is 1.63. The van der Waals surface area contributed by atoms with E-state index in [1.165, 1.54) is 6.92 Å². The molecule has 4 nitrogen and oxygen atoms in total. The number of ether oxygens (including phenoxy) is 1. The Morgan fingerprint density at radius 1 is 1.20 bits per heavy atom. The van der Waals surface area contributed by atoms with Crippen molar-refractivity contribution < 1.29 is 14.3 Å². The predicted octanol–water partition coefficient (Wildman–Crippen LogP) is 2.77. The van der Waals surface area contributed by atoms with Crippen LogP contribution in [0.25, 0.3) is 0 Å². The van der Waals surface area contributed by atoms with E-state index >= 15 is 0 Å². The largest absolute Gasteiger partial charge is 0.422 e. The van der Waals surface area contributed by atoms with Gasteiger partial charge in [-0.15, -0.1) is 0 Å². The van der Waals surface area contributed by atoms with Crippen LogP contribution in [0.15, 0.2) is 36.4 Å². The van der Waals surface area contributed by atoms with Gasteiger partial charge in [-0.2, -0.15) is 0 Å². The van der Waals surface area contributed by atoms with Crippen LogP contribution in [0.3, 0.4) is 0 Å². The summed E-state index contributed by atoms with van der Waals surface area (Å²) in [6, 6.07) is 15.4. The molecule has 0 fully saturated rings. The number of rotatable bonds is 3. The summed E-state index contributed by atoms with van der Waals surface area (Å²) < 4.78 is 5.22. The Hall–Kier alpha value is -2.80. The van der Waals surface area contributed by atoms with E-state index in [1.54, 1.807) is 36.4 Å². The number of anilines is 1. The Kier molecular flexibility index (Phi) is 4.02. The summed E-state index contributed by atoms with van der Waals surface area (Å²) in [5.74, 6) is -0.192. The lowest BCUT2D eigenvalue weighted by atomic mass is 10.2. The average molecular weight is 267 g/mol. The second-order valence-corrected chi connectivity index (χ2v) is 4.29. The van der Waals surface area contributed by atoms with E-state index < -0.39 is 5.97 Å². The zero-order valence-corrected chi connectivity index (χ0v) is 11.2. The standard InChI is InChI=1S/C16H13NO3/c1-11-4-3-5-15(10-11)20-16(19)13-6-8-14(9-7-13)17-12(2)18/h5-10H,1-2H3,(H,17,18). The van der Waals surface area contributed by atoms with E-state index in [1.807, 2.05) is 6.92 Å². The van der Waals surface area contributed by atoms with E-state index in [-0.39, 0.29) is 5.91 Å². The Labute approximate surface area is 117 Å². The van der Waals surface area contributed by atoms with E-state index in [2.05, 4.69) is 17.4 Å². The Morgan fingerprint density at radius 3 is 2.50 bits per heavy atom. The zero-order valence-electron chi connectivity index (χ0n) is 11.2. The number of amides is 1. The lowest BCUT2D eigenvalue weighted by molar-refractivity contribution is -0.114. The number of hydrogen-bond acceptors (Lipinski definition) is 3. The molecule has 1 amide bonds. The van der Waals surface area contributed by atoms with Gasteiger partial charge in [0.2, 0.25) is 5.91 Å². The third kappa shape index (κ3) is 3.59. The van der Waals surface area contributed by atoms with Crippen molar-refractivity contribution in [1.82, 2.24) is 0 Å². The van der Waals surface area contributed by atoms with E-state index in [9.17, 15) is 9.59 Å². The molecule has 0 aliphatic heterocycles. The summed E-state index contributed by atoms with van der Waals surface area (Å²) in [5.41, 5.74) is 1.88. The summed E-state index contributed by atoms with van der Waals surface area (Å²) in [6.45, 7) is 3.27. The van der Waals surface area contributed by atoms with Crippen molar-refractivity contribution in [1.29, 1.82) is 0 Å². The molecule has 0 aliphatic carbocycles. The van der Waals surface area contributed by atoms with Gasteiger partial charge in [0, 0.05) is 24.2 Å². The van der Waals surface area contributed by atoms with Gasteiger partial charge >= 0.3 is 5.97 Å². The van der Waals surface area contributed by atoms with Crippen LogP contribution in [0.1, 0.15) is 22.8 Å². The van der Waals surface area contributed by atoms with Crippen LogP contribution in [-0.4, -0.2) is 11.9 Å². The summed E-state index contributed by atoms with van der Waals surface area (Å²) in [4.78, 5) is 22.8. The lowest BCUT2D eigenvalue weighted by Gasteiger charge is -2.05. The number of nitrogens with one attached hydrogen (secondary N) is 1. The van der Waals surface area contributed by atoms with Crippen LogP contribution >= 0.6 is 0 Å². The molecule has 4 heteroatoms. The van der Waals surface area contributed by atoms with Crippen LogP contribution in [0.4, 0.5) is 5.69 Å². The lowest BCUT2D eigenvalue weighted by Crippen LogP contribution is -2.09. The first-order valence-corrected chi connectivity index (χ1v) is 6.04. The van der Waals surface area contributed by atoms with Gasteiger partial charge in [0.25, 0.3) is 0 Å². The molecule has 0 unspecified atom stereocenters. The molecule has 0 heterocycles. The number of aryl methyl sites for hydroxylation is 1. The first-order valence-electron chi connectivity index (χ1n) is 6.04. The van der Waals surface area contributed by atoms with Crippen LogP contribution in [0.2, 0.25) is 0 Å². The molecule has 0 spiro atoms. The Morgan fingerprint density at radius 2 is 1.90 bits per heavy atom. The highest BCUT2D eigenvalue weighted by atomic mass is 16.5. The van der Waals surface area contributed by atoms with Gasteiger partial charge in [-0.25, -0.2) is 4.79 Å². The second kappa shape index (κ2) is 5.89. The maximum Gasteiger partial charge on any atom is 0.343 e. The van der Waals surface area contributed by atoms with Crippen molar-refractivity contribution in [3.8, 4) is 5.75 Å². The van der Waals surface area contributed by atoms with Crippen molar-refractivity contribution in [3.05, 3.63) is 59.7 Å². The molecule has 100 valence electrons.